The zero-order valence-electron chi connectivity index (χ0n) is 8.03. The van der Waals surface area contributed by atoms with Crippen LogP contribution >= 0.6 is 0 Å². The van der Waals surface area contributed by atoms with Gasteiger partial charge in [0.15, 0.2) is 0 Å². The third-order valence-corrected chi connectivity index (χ3v) is 1.99. The molecule has 0 radical (unpaired) electrons. The van der Waals surface area contributed by atoms with E-state index in [0.717, 1.165) is 16.7 Å². The maximum absolute atomic E-state index is 5.64. The van der Waals surface area contributed by atoms with Gasteiger partial charge < -0.3 is 10.5 Å². The predicted octanol–water partition coefficient (Wildman–Crippen LogP) is 2.22. The van der Waals surface area contributed by atoms with Crippen LogP contribution in [0.2, 0.25) is 0 Å². The summed E-state index contributed by atoms with van der Waals surface area (Å²) < 4.78 is 5.46. The van der Waals surface area contributed by atoms with Crippen LogP contribution in [-0.2, 0) is 0 Å². The molecule has 0 amide bonds. The second kappa shape index (κ2) is 3.54. The van der Waals surface area contributed by atoms with E-state index in [1.54, 1.807) is 6.20 Å². The Bertz CT molecular complexity index is 454. The molecule has 2 aromatic rings. The minimum Gasteiger partial charge on any atom is -0.492 e. The van der Waals surface area contributed by atoms with Crippen LogP contribution in [0.1, 0.15) is 6.92 Å². The Kier molecular flexibility index (Phi) is 2.23. The van der Waals surface area contributed by atoms with Gasteiger partial charge in [0, 0.05) is 5.39 Å². The second-order valence-corrected chi connectivity index (χ2v) is 3.03. The molecule has 0 atom stereocenters. The summed E-state index contributed by atoms with van der Waals surface area (Å²) in [6, 6.07) is 7.72. The molecule has 0 aliphatic carbocycles. The largest absolute Gasteiger partial charge is 0.492 e. The lowest BCUT2D eigenvalue weighted by Gasteiger charge is -2.06. The van der Waals surface area contributed by atoms with Crippen LogP contribution in [0, 0.1) is 0 Å². The molecule has 1 aromatic carbocycles. The van der Waals surface area contributed by atoms with Gasteiger partial charge in [-0.05, 0) is 19.1 Å². The Labute approximate surface area is 82.5 Å². The molecular formula is C11H12N2O. The number of rotatable bonds is 2. The predicted molar refractivity (Wildman–Crippen MR) is 57.3 cm³/mol. The fourth-order valence-corrected chi connectivity index (χ4v) is 1.42. The SMILES string of the molecule is CCOc1cccc2cc(N)cnc12. The molecule has 14 heavy (non-hydrogen) atoms. The first-order valence-corrected chi connectivity index (χ1v) is 4.58. The van der Waals surface area contributed by atoms with E-state index in [4.69, 9.17) is 10.5 Å². The van der Waals surface area contributed by atoms with E-state index >= 15 is 0 Å². The van der Waals surface area contributed by atoms with Crippen LogP contribution in [-0.4, -0.2) is 11.6 Å². The molecule has 1 heterocycles. The Balaban J connectivity index is 2.62. The number of aromatic nitrogens is 1. The first kappa shape index (κ1) is 8.81. The van der Waals surface area contributed by atoms with E-state index in [9.17, 15) is 0 Å². The van der Waals surface area contributed by atoms with Crippen LogP contribution in [0.25, 0.3) is 10.9 Å². The van der Waals surface area contributed by atoms with Crippen LogP contribution in [0.15, 0.2) is 30.5 Å². The summed E-state index contributed by atoms with van der Waals surface area (Å²) >= 11 is 0. The number of para-hydroxylation sites is 1. The molecule has 0 unspecified atom stereocenters. The first-order chi connectivity index (χ1) is 6.81. The number of anilines is 1. The summed E-state index contributed by atoms with van der Waals surface area (Å²) in [6.45, 7) is 2.60. The van der Waals surface area contributed by atoms with E-state index in [-0.39, 0.29) is 0 Å². The quantitative estimate of drug-likeness (QED) is 0.786. The number of ether oxygens (including phenoxy) is 1. The van der Waals surface area contributed by atoms with Crippen molar-refractivity contribution in [2.75, 3.05) is 12.3 Å². The third kappa shape index (κ3) is 1.48. The topological polar surface area (TPSA) is 48.1 Å². The van der Waals surface area contributed by atoms with Crippen molar-refractivity contribution >= 4 is 16.6 Å². The Morgan fingerprint density at radius 3 is 3.07 bits per heavy atom. The van der Waals surface area contributed by atoms with Crippen molar-refractivity contribution in [2.45, 2.75) is 6.92 Å². The number of nitrogens with two attached hydrogens (primary N) is 1. The molecule has 3 nitrogen and oxygen atoms in total. The summed E-state index contributed by atoms with van der Waals surface area (Å²) in [7, 11) is 0. The minimum absolute atomic E-state index is 0.644. The molecule has 0 bridgehead atoms. The van der Waals surface area contributed by atoms with Crippen molar-refractivity contribution in [3.8, 4) is 5.75 Å². The van der Waals surface area contributed by atoms with E-state index in [1.165, 1.54) is 0 Å². The standard InChI is InChI=1S/C11H12N2O/c1-2-14-10-5-3-4-8-6-9(12)7-13-11(8)10/h3-7H,2,12H2,1H3. The average molecular weight is 188 g/mol. The lowest BCUT2D eigenvalue weighted by atomic mass is 10.2. The number of pyridine rings is 1. The molecule has 72 valence electrons. The zero-order chi connectivity index (χ0) is 9.97. The Morgan fingerprint density at radius 1 is 1.43 bits per heavy atom. The van der Waals surface area contributed by atoms with E-state index in [0.29, 0.717) is 12.3 Å². The highest BCUT2D eigenvalue weighted by molar-refractivity contribution is 5.86. The molecule has 2 rings (SSSR count). The summed E-state index contributed by atoms with van der Waals surface area (Å²) in [5, 5.41) is 1.01. The molecule has 0 saturated carbocycles. The van der Waals surface area contributed by atoms with Crippen LogP contribution in [0.3, 0.4) is 0 Å². The highest BCUT2D eigenvalue weighted by Crippen LogP contribution is 2.24. The number of benzene rings is 1. The van der Waals surface area contributed by atoms with Crippen molar-refractivity contribution in [1.82, 2.24) is 4.98 Å². The minimum atomic E-state index is 0.644. The van der Waals surface area contributed by atoms with Crippen molar-refractivity contribution in [3.05, 3.63) is 30.5 Å². The molecule has 1 aromatic heterocycles. The molecule has 0 aliphatic rings. The molecule has 0 fully saturated rings. The lowest BCUT2D eigenvalue weighted by molar-refractivity contribution is 0.343. The summed E-state index contributed by atoms with van der Waals surface area (Å²) in [4.78, 5) is 4.25. The van der Waals surface area contributed by atoms with Crippen LogP contribution in [0.5, 0.6) is 5.75 Å². The summed E-state index contributed by atoms with van der Waals surface area (Å²) in [5.74, 6) is 0.810. The van der Waals surface area contributed by atoms with E-state index < -0.39 is 0 Å². The van der Waals surface area contributed by atoms with Crippen LogP contribution in [0.4, 0.5) is 5.69 Å². The number of fused-ring (bicyclic) bond motifs is 1. The van der Waals surface area contributed by atoms with Gasteiger partial charge in [-0.1, -0.05) is 12.1 Å². The molecule has 2 N–H and O–H groups in total. The third-order valence-electron chi connectivity index (χ3n) is 1.99. The maximum Gasteiger partial charge on any atom is 0.145 e. The Hall–Kier alpha value is -1.77. The normalized spacial score (nSPS) is 10.4. The van der Waals surface area contributed by atoms with Gasteiger partial charge in [-0.25, -0.2) is 0 Å². The van der Waals surface area contributed by atoms with Crippen molar-refractivity contribution < 1.29 is 4.74 Å². The van der Waals surface area contributed by atoms with Gasteiger partial charge in [-0.3, -0.25) is 4.98 Å². The average Bonchev–Trinajstić information content (AvgIpc) is 2.18. The smallest absolute Gasteiger partial charge is 0.145 e. The first-order valence-electron chi connectivity index (χ1n) is 4.58. The van der Waals surface area contributed by atoms with E-state index in [2.05, 4.69) is 4.98 Å². The van der Waals surface area contributed by atoms with Gasteiger partial charge >= 0.3 is 0 Å². The molecule has 3 heteroatoms. The number of nitrogens with zero attached hydrogens (tertiary/aromatic N) is 1. The van der Waals surface area contributed by atoms with Crippen molar-refractivity contribution in [2.24, 2.45) is 0 Å². The second-order valence-electron chi connectivity index (χ2n) is 3.03. The highest BCUT2D eigenvalue weighted by atomic mass is 16.5. The fourth-order valence-electron chi connectivity index (χ4n) is 1.42. The van der Waals surface area contributed by atoms with Crippen LogP contribution < -0.4 is 10.5 Å². The van der Waals surface area contributed by atoms with Gasteiger partial charge in [0.05, 0.1) is 18.5 Å². The Morgan fingerprint density at radius 2 is 2.29 bits per heavy atom. The number of hydrogen-bond donors (Lipinski definition) is 1. The summed E-state index contributed by atoms with van der Waals surface area (Å²) in [5.41, 5.74) is 7.18. The van der Waals surface area contributed by atoms with Crippen molar-refractivity contribution in [3.63, 3.8) is 0 Å². The van der Waals surface area contributed by atoms with Gasteiger partial charge in [-0.2, -0.15) is 0 Å². The van der Waals surface area contributed by atoms with E-state index in [1.807, 2.05) is 31.2 Å². The molecule has 0 aliphatic heterocycles. The van der Waals surface area contributed by atoms with Gasteiger partial charge in [0.1, 0.15) is 11.3 Å². The highest BCUT2D eigenvalue weighted by Gasteiger charge is 2.02. The number of hydrogen-bond acceptors (Lipinski definition) is 3. The van der Waals surface area contributed by atoms with Gasteiger partial charge in [-0.15, -0.1) is 0 Å². The number of nitrogen functional groups attached to an aromatic ring is 1. The maximum atomic E-state index is 5.64. The summed E-state index contributed by atoms with van der Waals surface area (Å²) in [6.07, 6.45) is 1.64. The lowest BCUT2D eigenvalue weighted by Crippen LogP contribution is -1.94. The molecule has 0 saturated heterocycles. The molecule has 0 spiro atoms. The zero-order valence-corrected chi connectivity index (χ0v) is 8.03. The monoisotopic (exact) mass is 188 g/mol. The van der Waals surface area contributed by atoms with Crippen molar-refractivity contribution in [1.29, 1.82) is 0 Å². The fraction of sp³-hybridized carbons (Fsp3) is 0.182. The van der Waals surface area contributed by atoms with Gasteiger partial charge in [0.25, 0.3) is 0 Å². The molecular weight excluding hydrogens is 176 g/mol. The van der Waals surface area contributed by atoms with Gasteiger partial charge in [0.2, 0.25) is 0 Å².